The first kappa shape index (κ1) is 19.5. The summed E-state index contributed by atoms with van der Waals surface area (Å²) in [6.07, 6.45) is 5.01. The van der Waals surface area contributed by atoms with Crippen LogP contribution in [0, 0.1) is 5.92 Å². The van der Waals surface area contributed by atoms with Crippen molar-refractivity contribution in [3.8, 4) is 5.69 Å². The number of imidazole rings is 1. The molecule has 3 rings (SSSR count). The molecule has 0 spiro atoms. The van der Waals surface area contributed by atoms with Gasteiger partial charge in [-0.1, -0.05) is 43.8 Å². The van der Waals surface area contributed by atoms with Crippen molar-refractivity contribution in [3.63, 3.8) is 0 Å². The average molecular weight is 387 g/mol. The third-order valence-corrected chi connectivity index (χ3v) is 5.95. The molecule has 1 aromatic heterocycles. The van der Waals surface area contributed by atoms with Gasteiger partial charge in [0.25, 0.3) is 0 Å². The van der Waals surface area contributed by atoms with Crippen LogP contribution in [0.3, 0.4) is 0 Å². The smallest absolute Gasteiger partial charge is 0.233 e. The number of primary amides is 1. The lowest BCUT2D eigenvalue weighted by Crippen LogP contribution is -2.42. The van der Waals surface area contributed by atoms with Gasteiger partial charge in [-0.15, -0.1) is 0 Å². The maximum atomic E-state index is 12.5. The van der Waals surface area contributed by atoms with Crippen LogP contribution in [0.15, 0.2) is 41.8 Å². The molecular weight excluding hydrogens is 360 g/mol. The Bertz CT molecular complexity index is 810. The number of thioether (sulfide) groups is 1. The van der Waals surface area contributed by atoms with Gasteiger partial charge in [-0.25, -0.2) is 4.98 Å². The van der Waals surface area contributed by atoms with Gasteiger partial charge in [0.15, 0.2) is 5.16 Å². The molecule has 1 saturated heterocycles. The van der Waals surface area contributed by atoms with E-state index in [0.29, 0.717) is 37.6 Å². The predicted molar refractivity (Wildman–Crippen MR) is 107 cm³/mol. The van der Waals surface area contributed by atoms with Crippen molar-refractivity contribution >= 4 is 23.6 Å². The van der Waals surface area contributed by atoms with Crippen molar-refractivity contribution in [1.82, 2.24) is 14.5 Å². The van der Waals surface area contributed by atoms with Crippen LogP contribution in [0.5, 0.6) is 0 Å². The lowest BCUT2D eigenvalue weighted by molar-refractivity contribution is -0.132. The first-order valence-corrected chi connectivity index (χ1v) is 10.3. The molecule has 1 aromatic carbocycles. The second-order valence-electron chi connectivity index (χ2n) is 7.14. The van der Waals surface area contributed by atoms with E-state index >= 15 is 0 Å². The molecule has 1 fully saturated rings. The molecule has 2 aromatic rings. The Balaban J connectivity index is 1.65. The van der Waals surface area contributed by atoms with Gasteiger partial charge in [0.2, 0.25) is 11.8 Å². The molecule has 1 aliphatic rings. The Morgan fingerprint density at radius 3 is 2.63 bits per heavy atom. The van der Waals surface area contributed by atoms with Crippen molar-refractivity contribution in [2.24, 2.45) is 11.7 Å². The van der Waals surface area contributed by atoms with E-state index in [1.54, 1.807) is 6.20 Å². The van der Waals surface area contributed by atoms with Gasteiger partial charge in [0, 0.05) is 31.4 Å². The molecule has 2 N–H and O–H groups in total. The molecule has 0 saturated carbocycles. The highest BCUT2D eigenvalue weighted by molar-refractivity contribution is 7.99. The predicted octanol–water partition coefficient (Wildman–Crippen LogP) is 2.81. The number of para-hydroxylation sites is 1. The van der Waals surface area contributed by atoms with E-state index in [1.807, 2.05) is 27.8 Å². The minimum atomic E-state index is -0.262. The Kier molecular flexibility index (Phi) is 6.21. The Morgan fingerprint density at radius 1 is 1.26 bits per heavy atom. The zero-order valence-corrected chi connectivity index (χ0v) is 16.6. The van der Waals surface area contributed by atoms with E-state index in [0.717, 1.165) is 10.8 Å². The molecule has 0 radical (unpaired) electrons. The van der Waals surface area contributed by atoms with E-state index in [9.17, 15) is 9.59 Å². The second-order valence-corrected chi connectivity index (χ2v) is 8.08. The minimum Gasteiger partial charge on any atom is -0.369 e. The highest BCUT2D eigenvalue weighted by Crippen LogP contribution is 2.27. The summed E-state index contributed by atoms with van der Waals surface area (Å²) >= 11 is 1.45. The molecule has 0 atom stereocenters. The van der Waals surface area contributed by atoms with E-state index in [-0.39, 0.29) is 17.7 Å². The number of carbonyl (C=O) groups is 2. The molecule has 27 heavy (non-hydrogen) atoms. The van der Waals surface area contributed by atoms with Gasteiger partial charge in [0.1, 0.15) is 0 Å². The number of carbonyl (C=O) groups excluding carboxylic acids is 2. The van der Waals surface area contributed by atoms with Gasteiger partial charge in [0.05, 0.1) is 11.4 Å². The fourth-order valence-electron chi connectivity index (χ4n) is 3.41. The third kappa shape index (κ3) is 4.53. The largest absolute Gasteiger partial charge is 0.369 e. The number of piperidine rings is 1. The lowest BCUT2D eigenvalue weighted by atomic mass is 9.96. The number of nitrogens with zero attached hydrogens (tertiary/aromatic N) is 3. The van der Waals surface area contributed by atoms with Gasteiger partial charge in [-0.3, -0.25) is 14.2 Å². The van der Waals surface area contributed by atoms with E-state index in [2.05, 4.69) is 31.0 Å². The second kappa shape index (κ2) is 8.61. The number of likely N-dealkylation sites (tertiary alicyclic amines) is 1. The number of rotatable bonds is 6. The molecule has 2 amide bonds. The Hall–Kier alpha value is -2.28. The maximum absolute atomic E-state index is 12.5. The monoisotopic (exact) mass is 386 g/mol. The number of hydrogen-bond acceptors (Lipinski definition) is 4. The number of hydrogen-bond donors (Lipinski definition) is 1. The van der Waals surface area contributed by atoms with E-state index < -0.39 is 0 Å². The standard InChI is InChI=1S/C20H26N4O2S/c1-14(2)16-5-3-4-6-17(16)24-12-9-22-20(24)27-13-18(25)23-10-7-15(8-11-23)19(21)26/h3-6,9,12,14-15H,7-8,10-11,13H2,1-2H3,(H2,21,26). The molecule has 7 heteroatoms. The first-order valence-electron chi connectivity index (χ1n) is 9.30. The van der Waals surface area contributed by atoms with Crippen LogP contribution in [0.1, 0.15) is 38.2 Å². The Labute approximate surface area is 164 Å². The lowest BCUT2D eigenvalue weighted by Gasteiger charge is -2.30. The average Bonchev–Trinajstić information content (AvgIpc) is 3.14. The summed E-state index contributed by atoms with van der Waals surface area (Å²) in [7, 11) is 0. The number of aromatic nitrogens is 2. The van der Waals surface area contributed by atoms with E-state index in [4.69, 9.17) is 5.73 Å². The number of amides is 2. The maximum Gasteiger partial charge on any atom is 0.233 e. The number of nitrogens with two attached hydrogens (primary N) is 1. The van der Waals surface area contributed by atoms with Gasteiger partial charge in [-0.2, -0.15) is 0 Å². The summed E-state index contributed by atoms with van der Waals surface area (Å²) in [5.74, 6) is 0.446. The molecule has 144 valence electrons. The Morgan fingerprint density at radius 2 is 1.96 bits per heavy atom. The van der Waals surface area contributed by atoms with Crippen LogP contribution in [0.25, 0.3) is 5.69 Å². The highest BCUT2D eigenvalue weighted by atomic mass is 32.2. The van der Waals surface area contributed by atoms with Gasteiger partial charge in [-0.05, 0) is 30.4 Å². The summed E-state index contributed by atoms with van der Waals surface area (Å²) in [6.45, 7) is 5.53. The van der Waals surface area contributed by atoms with Crippen molar-refractivity contribution in [3.05, 3.63) is 42.2 Å². The van der Waals surface area contributed by atoms with Crippen LogP contribution >= 0.6 is 11.8 Å². The minimum absolute atomic E-state index is 0.0783. The van der Waals surface area contributed by atoms with Crippen LogP contribution in [-0.4, -0.2) is 45.1 Å². The van der Waals surface area contributed by atoms with Crippen LogP contribution in [-0.2, 0) is 9.59 Å². The molecule has 6 nitrogen and oxygen atoms in total. The topological polar surface area (TPSA) is 81.2 Å². The van der Waals surface area contributed by atoms with E-state index in [1.165, 1.54) is 17.3 Å². The SMILES string of the molecule is CC(C)c1ccccc1-n1ccnc1SCC(=O)N1CCC(C(N)=O)CC1. The third-order valence-electron chi connectivity index (χ3n) is 5.00. The van der Waals surface area contributed by atoms with Crippen molar-refractivity contribution in [1.29, 1.82) is 0 Å². The summed E-state index contributed by atoms with van der Waals surface area (Å²) in [4.78, 5) is 30.1. The molecule has 0 aliphatic carbocycles. The number of benzene rings is 1. The van der Waals surface area contributed by atoms with Crippen molar-refractivity contribution in [2.45, 2.75) is 37.8 Å². The zero-order valence-electron chi connectivity index (χ0n) is 15.8. The summed E-state index contributed by atoms with van der Waals surface area (Å²) < 4.78 is 2.05. The molecule has 0 unspecified atom stereocenters. The quantitative estimate of drug-likeness (QED) is 0.774. The molecule has 1 aliphatic heterocycles. The van der Waals surface area contributed by atoms with Crippen molar-refractivity contribution < 1.29 is 9.59 Å². The van der Waals surface area contributed by atoms with Crippen LogP contribution < -0.4 is 5.73 Å². The first-order chi connectivity index (χ1) is 13.0. The van der Waals surface area contributed by atoms with Crippen LogP contribution in [0.2, 0.25) is 0 Å². The molecule has 2 heterocycles. The molecular formula is C20H26N4O2S. The fraction of sp³-hybridized carbons (Fsp3) is 0.450. The molecule has 0 bridgehead atoms. The summed E-state index contributed by atoms with van der Waals surface area (Å²) in [5, 5.41) is 0.809. The van der Waals surface area contributed by atoms with Gasteiger partial charge < -0.3 is 10.6 Å². The van der Waals surface area contributed by atoms with Gasteiger partial charge >= 0.3 is 0 Å². The normalized spacial score (nSPS) is 15.3. The fourth-order valence-corrected chi connectivity index (χ4v) is 4.27. The van der Waals surface area contributed by atoms with Crippen LogP contribution in [0.4, 0.5) is 0 Å². The highest BCUT2D eigenvalue weighted by Gasteiger charge is 2.26. The summed E-state index contributed by atoms with van der Waals surface area (Å²) in [6, 6.07) is 8.27. The zero-order chi connectivity index (χ0) is 19.4. The summed E-state index contributed by atoms with van der Waals surface area (Å²) in [5.41, 5.74) is 7.71. The van der Waals surface area contributed by atoms with Crippen molar-refractivity contribution in [2.75, 3.05) is 18.8 Å².